The SMILES string of the molecule is CC(C)(C)c1ccc(CN2CCc3nc4ncc(Cl)cc4cc3C2)cc1. The minimum Gasteiger partial charge on any atom is -0.294 e. The summed E-state index contributed by atoms with van der Waals surface area (Å²) >= 11 is 6.08. The van der Waals surface area contributed by atoms with Gasteiger partial charge in [0, 0.05) is 43.3 Å². The van der Waals surface area contributed by atoms with Gasteiger partial charge in [-0.15, -0.1) is 0 Å². The third-order valence-corrected chi connectivity index (χ3v) is 5.29. The fourth-order valence-electron chi connectivity index (χ4n) is 3.56. The van der Waals surface area contributed by atoms with Crippen molar-refractivity contribution in [2.24, 2.45) is 0 Å². The molecule has 3 nitrogen and oxygen atoms in total. The Morgan fingerprint density at radius 3 is 2.62 bits per heavy atom. The lowest BCUT2D eigenvalue weighted by Gasteiger charge is -2.28. The van der Waals surface area contributed by atoms with Gasteiger partial charge in [-0.3, -0.25) is 4.90 Å². The van der Waals surface area contributed by atoms with Crippen LogP contribution in [0.25, 0.3) is 11.0 Å². The molecule has 0 saturated heterocycles. The van der Waals surface area contributed by atoms with Crippen LogP contribution in [-0.4, -0.2) is 21.4 Å². The Balaban J connectivity index is 1.53. The summed E-state index contributed by atoms with van der Waals surface area (Å²) in [6.07, 6.45) is 2.63. The van der Waals surface area contributed by atoms with Gasteiger partial charge in [0.15, 0.2) is 5.65 Å². The van der Waals surface area contributed by atoms with E-state index in [-0.39, 0.29) is 5.41 Å². The number of hydrogen-bond donors (Lipinski definition) is 0. The average Bonchev–Trinajstić information content (AvgIpc) is 2.59. The second-order valence-electron chi connectivity index (χ2n) is 8.20. The van der Waals surface area contributed by atoms with Gasteiger partial charge in [0.25, 0.3) is 0 Å². The van der Waals surface area contributed by atoms with Gasteiger partial charge >= 0.3 is 0 Å². The minimum absolute atomic E-state index is 0.199. The maximum absolute atomic E-state index is 6.08. The molecule has 1 aromatic carbocycles. The molecule has 0 atom stereocenters. The van der Waals surface area contributed by atoms with E-state index in [9.17, 15) is 0 Å². The van der Waals surface area contributed by atoms with Gasteiger partial charge in [0.1, 0.15) is 0 Å². The van der Waals surface area contributed by atoms with Crippen molar-refractivity contribution in [2.45, 2.75) is 45.7 Å². The summed E-state index contributed by atoms with van der Waals surface area (Å²) in [6, 6.07) is 13.2. The maximum Gasteiger partial charge on any atom is 0.159 e. The van der Waals surface area contributed by atoms with Gasteiger partial charge < -0.3 is 0 Å². The van der Waals surface area contributed by atoms with Crippen molar-refractivity contribution in [1.82, 2.24) is 14.9 Å². The Labute approximate surface area is 160 Å². The van der Waals surface area contributed by atoms with Crippen molar-refractivity contribution in [2.75, 3.05) is 6.54 Å². The van der Waals surface area contributed by atoms with Crippen molar-refractivity contribution in [3.63, 3.8) is 0 Å². The Morgan fingerprint density at radius 2 is 1.88 bits per heavy atom. The second-order valence-corrected chi connectivity index (χ2v) is 8.64. The minimum atomic E-state index is 0.199. The molecule has 3 heterocycles. The number of hydrogen-bond acceptors (Lipinski definition) is 3. The number of aromatic nitrogens is 2. The van der Waals surface area contributed by atoms with Crippen LogP contribution in [0.5, 0.6) is 0 Å². The van der Waals surface area contributed by atoms with Gasteiger partial charge in [-0.05, 0) is 34.2 Å². The second kappa shape index (κ2) is 6.64. The van der Waals surface area contributed by atoms with Gasteiger partial charge in [0.05, 0.1) is 5.02 Å². The molecule has 0 saturated carbocycles. The van der Waals surface area contributed by atoms with Gasteiger partial charge in [-0.25, -0.2) is 9.97 Å². The van der Waals surface area contributed by atoms with Crippen LogP contribution in [-0.2, 0) is 24.9 Å². The summed E-state index contributed by atoms with van der Waals surface area (Å²) in [4.78, 5) is 11.6. The van der Waals surface area contributed by atoms with Crippen LogP contribution in [0.2, 0.25) is 5.02 Å². The third-order valence-electron chi connectivity index (χ3n) is 5.09. The van der Waals surface area contributed by atoms with Crippen LogP contribution in [0.15, 0.2) is 42.6 Å². The van der Waals surface area contributed by atoms with E-state index in [2.05, 4.69) is 61.0 Å². The van der Waals surface area contributed by atoms with E-state index in [0.29, 0.717) is 5.02 Å². The zero-order valence-electron chi connectivity index (χ0n) is 15.6. The largest absolute Gasteiger partial charge is 0.294 e. The Bertz CT molecular complexity index is 942. The molecular formula is C22H24ClN3. The van der Waals surface area contributed by atoms with Gasteiger partial charge in [-0.2, -0.15) is 0 Å². The first-order chi connectivity index (χ1) is 12.4. The zero-order valence-corrected chi connectivity index (χ0v) is 16.3. The normalized spacial score (nSPS) is 15.2. The van der Waals surface area contributed by atoms with E-state index < -0.39 is 0 Å². The van der Waals surface area contributed by atoms with Crippen LogP contribution in [0.3, 0.4) is 0 Å². The van der Waals surface area contributed by atoms with E-state index in [1.165, 1.54) is 22.4 Å². The van der Waals surface area contributed by atoms with E-state index in [0.717, 1.165) is 37.1 Å². The lowest BCUT2D eigenvalue weighted by atomic mass is 9.86. The van der Waals surface area contributed by atoms with Crippen LogP contribution < -0.4 is 0 Å². The van der Waals surface area contributed by atoms with E-state index in [4.69, 9.17) is 16.6 Å². The number of pyridine rings is 2. The highest BCUT2D eigenvalue weighted by Gasteiger charge is 2.19. The molecule has 1 aliphatic rings. The molecule has 0 aliphatic carbocycles. The molecule has 2 aromatic heterocycles. The number of nitrogens with zero attached hydrogens (tertiary/aromatic N) is 3. The number of fused-ring (bicyclic) bond motifs is 2. The molecule has 4 rings (SSSR count). The number of rotatable bonds is 2. The van der Waals surface area contributed by atoms with Crippen LogP contribution >= 0.6 is 11.6 Å². The highest BCUT2D eigenvalue weighted by atomic mass is 35.5. The molecule has 0 bridgehead atoms. The summed E-state index contributed by atoms with van der Waals surface area (Å²) in [5.74, 6) is 0. The maximum atomic E-state index is 6.08. The summed E-state index contributed by atoms with van der Waals surface area (Å²) in [5.41, 5.74) is 6.19. The van der Waals surface area contributed by atoms with Crippen molar-refractivity contribution in [1.29, 1.82) is 0 Å². The zero-order chi connectivity index (χ0) is 18.3. The quantitative estimate of drug-likeness (QED) is 0.629. The molecule has 4 heteroatoms. The van der Waals surface area contributed by atoms with Crippen molar-refractivity contribution >= 4 is 22.6 Å². The smallest absolute Gasteiger partial charge is 0.159 e. The van der Waals surface area contributed by atoms with Crippen LogP contribution in [0.1, 0.15) is 43.2 Å². The van der Waals surface area contributed by atoms with Crippen LogP contribution in [0, 0.1) is 0 Å². The summed E-state index contributed by atoms with van der Waals surface area (Å²) in [5, 5.41) is 1.68. The first kappa shape index (κ1) is 17.4. The van der Waals surface area contributed by atoms with Crippen LogP contribution in [0.4, 0.5) is 0 Å². The Morgan fingerprint density at radius 1 is 1.12 bits per heavy atom. The van der Waals surface area contributed by atoms with E-state index in [1.807, 2.05) is 6.07 Å². The number of benzene rings is 1. The Hall–Kier alpha value is -1.97. The van der Waals surface area contributed by atoms with E-state index >= 15 is 0 Å². The fourth-order valence-corrected chi connectivity index (χ4v) is 3.72. The molecule has 0 N–H and O–H groups in total. The summed E-state index contributed by atoms with van der Waals surface area (Å²) in [6.45, 7) is 9.67. The van der Waals surface area contributed by atoms with Gasteiger partial charge in [0.2, 0.25) is 0 Å². The summed E-state index contributed by atoms with van der Waals surface area (Å²) < 4.78 is 0. The number of halogens is 1. The molecule has 134 valence electrons. The monoisotopic (exact) mass is 365 g/mol. The first-order valence-electron chi connectivity index (χ1n) is 9.14. The fraction of sp³-hybridized carbons (Fsp3) is 0.364. The summed E-state index contributed by atoms with van der Waals surface area (Å²) in [7, 11) is 0. The standard InChI is InChI=1S/C22H24ClN3/c1-22(2,3)18-6-4-15(5-7-18)13-26-9-8-20-17(14-26)10-16-11-19(23)12-24-21(16)25-20/h4-7,10-12H,8-9,13-14H2,1-3H3. The topological polar surface area (TPSA) is 29.0 Å². The van der Waals surface area contributed by atoms with Crippen molar-refractivity contribution < 1.29 is 0 Å². The predicted octanol–water partition coefficient (Wildman–Crippen LogP) is 5.14. The van der Waals surface area contributed by atoms with E-state index in [1.54, 1.807) is 6.20 Å². The molecule has 0 amide bonds. The molecule has 0 fully saturated rings. The third kappa shape index (κ3) is 3.60. The lowest BCUT2D eigenvalue weighted by Crippen LogP contribution is -2.30. The highest BCUT2D eigenvalue weighted by Crippen LogP contribution is 2.26. The van der Waals surface area contributed by atoms with Gasteiger partial charge in [-0.1, -0.05) is 56.6 Å². The van der Waals surface area contributed by atoms with Crippen molar-refractivity contribution in [3.8, 4) is 0 Å². The van der Waals surface area contributed by atoms with Crippen molar-refractivity contribution in [3.05, 3.63) is 70.0 Å². The first-order valence-corrected chi connectivity index (χ1v) is 9.52. The predicted molar refractivity (Wildman–Crippen MR) is 108 cm³/mol. The molecular weight excluding hydrogens is 342 g/mol. The molecule has 0 spiro atoms. The lowest BCUT2D eigenvalue weighted by molar-refractivity contribution is 0.243. The molecule has 0 unspecified atom stereocenters. The molecule has 3 aromatic rings. The molecule has 26 heavy (non-hydrogen) atoms. The molecule has 0 radical (unpaired) electrons. The Kier molecular flexibility index (Phi) is 4.45. The highest BCUT2D eigenvalue weighted by molar-refractivity contribution is 6.31. The molecule has 1 aliphatic heterocycles. The average molecular weight is 366 g/mol.